The number of nitrogens with zero attached hydrogens (tertiary/aromatic N) is 2. The van der Waals surface area contributed by atoms with Gasteiger partial charge in [-0.15, -0.1) is 0 Å². The maximum atomic E-state index is 5.68. The average Bonchev–Trinajstić information content (AvgIpc) is 2.22. The van der Waals surface area contributed by atoms with E-state index in [9.17, 15) is 0 Å². The molecule has 0 amide bonds. The van der Waals surface area contributed by atoms with Gasteiger partial charge in [0.25, 0.3) is 0 Å². The lowest BCUT2D eigenvalue weighted by Gasteiger charge is -2.38. The van der Waals surface area contributed by atoms with Crippen LogP contribution < -0.4 is 10.6 Å². The second-order valence-corrected chi connectivity index (χ2v) is 5.07. The van der Waals surface area contributed by atoms with Crippen LogP contribution in [-0.4, -0.2) is 30.3 Å². The molecule has 88 valence electrons. The number of morpholine rings is 1. The van der Waals surface area contributed by atoms with Crippen molar-refractivity contribution in [3.63, 3.8) is 0 Å². The molecule has 1 saturated heterocycles. The third-order valence-corrected chi connectivity index (χ3v) is 3.31. The summed E-state index contributed by atoms with van der Waals surface area (Å²) in [6.07, 6.45) is 1.93. The first-order valence-electron chi connectivity index (χ1n) is 5.37. The first kappa shape index (κ1) is 11.7. The van der Waals surface area contributed by atoms with E-state index in [4.69, 9.17) is 10.5 Å². The monoisotopic (exact) mass is 285 g/mol. The maximum absolute atomic E-state index is 5.68. The quantitative estimate of drug-likeness (QED) is 0.858. The number of halogens is 1. The van der Waals surface area contributed by atoms with Gasteiger partial charge in [-0.2, -0.15) is 0 Å². The highest BCUT2D eigenvalue weighted by molar-refractivity contribution is 9.10. The van der Waals surface area contributed by atoms with Gasteiger partial charge in [0.05, 0.1) is 35.1 Å². The van der Waals surface area contributed by atoms with Crippen molar-refractivity contribution in [3.8, 4) is 0 Å². The van der Waals surface area contributed by atoms with E-state index < -0.39 is 0 Å². The van der Waals surface area contributed by atoms with Gasteiger partial charge in [0.15, 0.2) is 0 Å². The van der Waals surface area contributed by atoms with Crippen molar-refractivity contribution in [1.82, 2.24) is 4.98 Å². The molecule has 1 aliphatic rings. The summed E-state index contributed by atoms with van der Waals surface area (Å²) in [5.41, 5.74) is 6.35. The zero-order chi connectivity index (χ0) is 11.7. The molecule has 2 atom stereocenters. The fraction of sp³-hybridized carbons (Fsp3) is 0.545. The van der Waals surface area contributed by atoms with Gasteiger partial charge in [-0.3, -0.25) is 0 Å². The van der Waals surface area contributed by atoms with Crippen molar-refractivity contribution in [2.24, 2.45) is 0 Å². The Bertz CT molecular complexity index is 385. The van der Waals surface area contributed by atoms with Gasteiger partial charge in [-0.25, -0.2) is 4.98 Å². The number of hydrogen-bond donors (Lipinski definition) is 1. The van der Waals surface area contributed by atoms with Gasteiger partial charge < -0.3 is 15.4 Å². The van der Waals surface area contributed by atoms with E-state index >= 15 is 0 Å². The molecule has 2 heterocycles. The van der Waals surface area contributed by atoms with Gasteiger partial charge in [-0.05, 0) is 35.8 Å². The molecule has 1 aromatic rings. The zero-order valence-electron chi connectivity index (χ0n) is 9.48. The predicted molar refractivity (Wildman–Crippen MR) is 68.6 cm³/mol. The summed E-state index contributed by atoms with van der Waals surface area (Å²) >= 11 is 3.51. The largest absolute Gasteiger partial charge is 0.397 e. The van der Waals surface area contributed by atoms with Crippen molar-refractivity contribution < 1.29 is 4.74 Å². The number of ether oxygens (including phenoxy) is 1. The minimum atomic E-state index is 0.238. The molecule has 0 aromatic carbocycles. The first-order chi connectivity index (χ1) is 7.58. The van der Waals surface area contributed by atoms with Crippen LogP contribution in [0.25, 0.3) is 0 Å². The van der Waals surface area contributed by atoms with Gasteiger partial charge in [0.1, 0.15) is 5.82 Å². The summed E-state index contributed by atoms with van der Waals surface area (Å²) in [4.78, 5) is 6.63. The topological polar surface area (TPSA) is 51.4 Å². The number of hydrogen-bond acceptors (Lipinski definition) is 4. The molecule has 0 radical (unpaired) electrons. The molecule has 2 unspecified atom stereocenters. The zero-order valence-corrected chi connectivity index (χ0v) is 11.1. The molecule has 0 saturated carbocycles. The molecule has 5 heteroatoms. The maximum Gasteiger partial charge on any atom is 0.143 e. The lowest BCUT2D eigenvalue weighted by molar-refractivity contribution is 0.0340. The van der Waals surface area contributed by atoms with E-state index in [-0.39, 0.29) is 6.10 Å². The number of rotatable bonds is 1. The molecule has 0 bridgehead atoms. The number of nitrogens with two attached hydrogens (primary N) is 1. The molecule has 1 fully saturated rings. The lowest BCUT2D eigenvalue weighted by atomic mass is 10.2. The summed E-state index contributed by atoms with van der Waals surface area (Å²) in [5, 5.41) is 0. The average molecular weight is 286 g/mol. The van der Waals surface area contributed by atoms with Crippen LogP contribution in [0.1, 0.15) is 13.8 Å². The van der Waals surface area contributed by atoms with Crippen molar-refractivity contribution in [3.05, 3.63) is 16.7 Å². The van der Waals surface area contributed by atoms with E-state index in [1.165, 1.54) is 0 Å². The Hall–Kier alpha value is -0.810. The highest BCUT2D eigenvalue weighted by Gasteiger charge is 2.25. The van der Waals surface area contributed by atoms with Crippen molar-refractivity contribution in [2.75, 3.05) is 23.8 Å². The van der Waals surface area contributed by atoms with E-state index in [0.29, 0.717) is 11.7 Å². The Morgan fingerprint density at radius 1 is 1.56 bits per heavy atom. The van der Waals surface area contributed by atoms with Crippen LogP contribution in [0.4, 0.5) is 11.5 Å². The summed E-state index contributed by atoms with van der Waals surface area (Å²) in [5.74, 6) is 0.942. The van der Waals surface area contributed by atoms with Crippen LogP contribution >= 0.6 is 15.9 Å². The van der Waals surface area contributed by atoms with Crippen LogP contribution in [0.3, 0.4) is 0 Å². The molecular weight excluding hydrogens is 270 g/mol. The van der Waals surface area contributed by atoms with Crippen LogP contribution in [0, 0.1) is 0 Å². The normalized spacial score (nSPS) is 25.8. The Labute approximate surface area is 104 Å². The lowest BCUT2D eigenvalue weighted by Crippen LogP contribution is -2.47. The van der Waals surface area contributed by atoms with Crippen LogP contribution in [0.15, 0.2) is 16.7 Å². The Kier molecular flexibility index (Phi) is 3.35. The summed E-state index contributed by atoms with van der Waals surface area (Å²) < 4.78 is 6.53. The van der Waals surface area contributed by atoms with E-state index in [1.807, 2.05) is 6.07 Å². The smallest absolute Gasteiger partial charge is 0.143 e. The fourth-order valence-corrected chi connectivity index (χ4v) is 2.45. The molecule has 0 spiro atoms. The van der Waals surface area contributed by atoms with Gasteiger partial charge >= 0.3 is 0 Å². The van der Waals surface area contributed by atoms with E-state index in [2.05, 4.69) is 39.7 Å². The second-order valence-electron chi connectivity index (χ2n) is 4.22. The SMILES string of the molecule is CC1CN(c2ncc(N)cc2Br)C(C)CO1. The number of pyridine rings is 1. The minimum Gasteiger partial charge on any atom is -0.397 e. The third kappa shape index (κ3) is 2.30. The molecule has 0 aliphatic carbocycles. The van der Waals surface area contributed by atoms with Crippen LogP contribution in [0.2, 0.25) is 0 Å². The molecule has 2 N–H and O–H groups in total. The second kappa shape index (κ2) is 4.59. The number of nitrogen functional groups attached to an aromatic ring is 1. The van der Waals surface area contributed by atoms with Crippen molar-refractivity contribution in [1.29, 1.82) is 0 Å². The number of aromatic nitrogens is 1. The van der Waals surface area contributed by atoms with E-state index in [1.54, 1.807) is 6.20 Å². The van der Waals surface area contributed by atoms with Gasteiger partial charge in [-0.1, -0.05) is 0 Å². The minimum absolute atomic E-state index is 0.238. The van der Waals surface area contributed by atoms with Gasteiger partial charge in [0.2, 0.25) is 0 Å². The molecule has 16 heavy (non-hydrogen) atoms. The first-order valence-corrected chi connectivity index (χ1v) is 6.16. The summed E-state index contributed by atoms with van der Waals surface area (Å²) in [7, 11) is 0. The van der Waals surface area contributed by atoms with E-state index in [0.717, 1.165) is 23.4 Å². The Morgan fingerprint density at radius 3 is 3.00 bits per heavy atom. The van der Waals surface area contributed by atoms with Gasteiger partial charge in [0, 0.05) is 6.54 Å². The van der Waals surface area contributed by atoms with Crippen molar-refractivity contribution >= 4 is 27.4 Å². The standard InChI is InChI=1S/C11H16BrN3O/c1-7-6-16-8(2)5-15(7)11-10(12)3-9(13)4-14-11/h3-4,7-8H,5-6,13H2,1-2H3. The Morgan fingerprint density at radius 2 is 2.31 bits per heavy atom. The van der Waals surface area contributed by atoms with Crippen molar-refractivity contribution in [2.45, 2.75) is 26.0 Å². The molecule has 1 aliphatic heterocycles. The predicted octanol–water partition coefficient (Wildman–Crippen LogP) is 2.04. The molecule has 2 rings (SSSR count). The third-order valence-electron chi connectivity index (χ3n) is 2.72. The molecular formula is C11H16BrN3O. The summed E-state index contributed by atoms with van der Waals surface area (Å²) in [6.45, 7) is 5.80. The summed E-state index contributed by atoms with van der Waals surface area (Å²) in [6, 6.07) is 2.22. The molecule has 1 aromatic heterocycles. The highest BCUT2D eigenvalue weighted by Crippen LogP contribution is 2.28. The van der Waals surface area contributed by atoms with Crippen LogP contribution in [-0.2, 0) is 4.74 Å². The highest BCUT2D eigenvalue weighted by atomic mass is 79.9. The number of anilines is 2. The molecule has 4 nitrogen and oxygen atoms in total. The van der Waals surface area contributed by atoms with Crippen LogP contribution in [0.5, 0.6) is 0 Å². The fourth-order valence-electron chi connectivity index (χ4n) is 1.86. The Balaban J connectivity index is 2.28.